The molecule has 1 aromatic heterocycles. The molecule has 1 atom stereocenters. The first-order valence-electron chi connectivity index (χ1n) is 10.1. The molecule has 1 saturated heterocycles. The zero-order valence-electron chi connectivity index (χ0n) is 17.0. The number of hydrogen-bond acceptors (Lipinski definition) is 5. The third-order valence-corrected chi connectivity index (χ3v) is 5.90. The van der Waals surface area contributed by atoms with Gasteiger partial charge in [0.25, 0.3) is 5.91 Å². The molecule has 168 valence electrons. The van der Waals surface area contributed by atoms with Crippen LogP contribution in [0.15, 0.2) is 53.9 Å². The van der Waals surface area contributed by atoms with E-state index in [0.29, 0.717) is 28.6 Å². The first kappa shape index (κ1) is 22.3. The maximum absolute atomic E-state index is 12.8. The van der Waals surface area contributed by atoms with Crippen molar-refractivity contribution in [1.29, 1.82) is 0 Å². The summed E-state index contributed by atoms with van der Waals surface area (Å²) in [6.45, 7) is 1.24. The van der Waals surface area contributed by atoms with E-state index in [2.05, 4.69) is 10.3 Å². The van der Waals surface area contributed by atoms with Crippen molar-refractivity contribution in [3.05, 3.63) is 70.7 Å². The quantitative estimate of drug-likeness (QED) is 0.517. The number of nitrogens with one attached hydrogen (secondary N) is 1. The van der Waals surface area contributed by atoms with Crippen molar-refractivity contribution < 1.29 is 27.4 Å². The van der Waals surface area contributed by atoms with Gasteiger partial charge in [0.1, 0.15) is 23.1 Å². The third-order valence-electron chi connectivity index (χ3n) is 5.01. The monoisotopic (exact) mass is 462 g/mol. The number of amides is 1. The lowest BCUT2D eigenvalue weighted by Crippen LogP contribution is -2.31. The fraction of sp³-hybridized carbons (Fsp3) is 0.304. The molecule has 1 unspecified atom stereocenters. The van der Waals surface area contributed by atoms with Crippen molar-refractivity contribution in [3.8, 4) is 16.3 Å². The molecule has 2 aromatic carbocycles. The van der Waals surface area contributed by atoms with Crippen LogP contribution in [0.25, 0.3) is 10.6 Å². The van der Waals surface area contributed by atoms with Crippen LogP contribution in [0, 0.1) is 0 Å². The first-order valence-corrected chi connectivity index (χ1v) is 11.0. The van der Waals surface area contributed by atoms with Crippen LogP contribution < -0.4 is 10.1 Å². The number of alkyl halides is 3. The standard InChI is InChI=1S/C23H21F3N2O3S/c24-23(25,26)17-4-1-3-15(11-17)13-31-18-8-6-16(7-9-18)22-28-20(14-32-22)21(29)27-12-19-5-2-10-30-19/h1,3-4,6-9,11,14,19H,2,5,10,12-13H2,(H,27,29). The van der Waals surface area contributed by atoms with Crippen LogP contribution in [0.5, 0.6) is 5.75 Å². The highest BCUT2D eigenvalue weighted by atomic mass is 32.1. The number of carbonyl (C=O) groups is 1. The molecule has 2 heterocycles. The highest BCUT2D eigenvalue weighted by molar-refractivity contribution is 7.13. The van der Waals surface area contributed by atoms with Crippen LogP contribution in [0.2, 0.25) is 0 Å². The van der Waals surface area contributed by atoms with Crippen LogP contribution in [-0.4, -0.2) is 30.1 Å². The summed E-state index contributed by atoms with van der Waals surface area (Å²) < 4.78 is 49.6. The molecule has 4 rings (SSSR count). The van der Waals surface area contributed by atoms with E-state index in [1.54, 1.807) is 35.7 Å². The van der Waals surface area contributed by atoms with Gasteiger partial charge in [-0.15, -0.1) is 11.3 Å². The van der Waals surface area contributed by atoms with Gasteiger partial charge in [-0.2, -0.15) is 13.2 Å². The van der Waals surface area contributed by atoms with Gasteiger partial charge in [0, 0.05) is 24.1 Å². The Kier molecular flexibility index (Phi) is 6.76. The lowest BCUT2D eigenvalue weighted by atomic mass is 10.1. The predicted molar refractivity (Wildman–Crippen MR) is 115 cm³/mol. The molecule has 1 N–H and O–H groups in total. The number of nitrogens with zero attached hydrogens (tertiary/aromatic N) is 1. The fourth-order valence-electron chi connectivity index (χ4n) is 3.31. The summed E-state index contributed by atoms with van der Waals surface area (Å²) in [6.07, 6.45) is -2.35. The average molecular weight is 462 g/mol. The molecule has 1 aliphatic rings. The van der Waals surface area contributed by atoms with Gasteiger partial charge in [0.05, 0.1) is 11.7 Å². The van der Waals surface area contributed by atoms with Crippen molar-refractivity contribution in [1.82, 2.24) is 10.3 Å². The molecule has 0 radical (unpaired) electrons. The van der Waals surface area contributed by atoms with E-state index in [1.807, 2.05) is 0 Å². The number of rotatable bonds is 7. The maximum Gasteiger partial charge on any atom is 0.416 e. The number of ether oxygens (including phenoxy) is 2. The zero-order chi connectivity index (χ0) is 22.6. The second-order valence-corrected chi connectivity index (χ2v) is 8.25. The minimum Gasteiger partial charge on any atom is -0.489 e. The summed E-state index contributed by atoms with van der Waals surface area (Å²) >= 11 is 1.36. The van der Waals surface area contributed by atoms with Crippen molar-refractivity contribution in [3.63, 3.8) is 0 Å². The van der Waals surface area contributed by atoms with Crippen molar-refractivity contribution in [2.24, 2.45) is 0 Å². The van der Waals surface area contributed by atoms with E-state index < -0.39 is 11.7 Å². The predicted octanol–water partition coefficient (Wildman–Crippen LogP) is 5.32. The minimum absolute atomic E-state index is 0.0234. The Hall–Kier alpha value is -2.91. The Bertz CT molecular complexity index is 1060. The van der Waals surface area contributed by atoms with Crippen LogP contribution in [0.4, 0.5) is 13.2 Å². The first-order chi connectivity index (χ1) is 15.4. The second kappa shape index (κ2) is 9.70. The molecule has 9 heteroatoms. The number of benzene rings is 2. The lowest BCUT2D eigenvalue weighted by Gasteiger charge is -2.10. The largest absolute Gasteiger partial charge is 0.489 e. The molecule has 0 aliphatic carbocycles. The molecule has 5 nitrogen and oxygen atoms in total. The van der Waals surface area contributed by atoms with E-state index in [-0.39, 0.29) is 18.6 Å². The van der Waals surface area contributed by atoms with Gasteiger partial charge in [-0.25, -0.2) is 4.98 Å². The Morgan fingerprint density at radius 2 is 2.03 bits per heavy atom. The van der Waals surface area contributed by atoms with Crippen LogP contribution in [0.1, 0.15) is 34.5 Å². The van der Waals surface area contributed by atoms with E-state index in [4.69, 9.17) is 9.47 Å². The van der Waals surface area contributed by atoms with Crippen LogP contribution in [0.3, 0.4) is 0 Å². The third kappa shape index (κ3) is 5.66. The summed E-state index contributed by atoms with van der Waals surface area (Å²) in [5.41, 5.74) is 0.906. The van der Waals surface area contributed by atoms with Gasteiger partial charge in [-0.3, -0.25) is 4.79 Å². The Labute approximate surface area is 187 Å². The highest BCUT2D eigenvalue weighted by Gasteiger charge is 2.30. The molecule has 1 aliphatic heterocycles. The highest BCUT2D eigenvalue weighted by Crippen LogP contribution is 2.30. The minimum atomic E-state index is -4.38. The van der Waals surface area contributed by atoms with Gasteiger partial charge in [0.2, 0.25) is 0 Å². The van der Waals surface area contributed by atoms with Crippen molar-refractivity contribution >= 4 is 17.2 Å². The van der Waals surface area contributed by atoms with E-state index >= 15 is 0 Å². The summed E-state index contributed by atoms with van der Waals surface area (Å²) in [5, 5.41) is 5.25. The average Bonchev–Trinajstić information content (AvgIpc) is 3.48. The molecular weight excluding hydrogens is 441 g/mol. The van der Waals surface area contributed by atoms with E-state index in [9.17, 15) is 18.0 Å². The molecule has 1 amide bonds. The van der Waals surface area contributed by atoms with Gasteiger partial charge >= 0.3 is 6.18 Å². The van der Waals surface area contributed by atoms with Gasteiger partial charge in [-0.05, 0) is 54.8 Å². The Morgan fingerprint density at radius 1 is 1.22 bits per heavy atom. The lowest BCUT2D eigenvalue weighted by molar-refractivity contribution is -0.137. The molecule has 0 saturated carbocycles. The summed E-state index contributed by atoms with van der Waals surface area (Å²) in [4.78, 5) is 16.7. The molecule has 32 heavy (non-hydrogen) atoms. The van der Waals surface area contributed by atoms with Gasteiger partial charge in [0.15, 0.2) is 0 Å². The smallest absolute Gasteiger partial charge is 0.416 e. The molecular formula is C23H21F3N2O3S. The van der Waals surface area contributed by atoms with Crippen molar-refractivity contribution in [2.45, 2.75) is 31.7 Å². The maximum atomic E-state index is 12.8. The van der Waals surface area contributed by atoms with Crippen LogP contribution >= 0.6 is 11.3 Å². The molecule has 1 fully saturated rings. The summed E-state index contributed by atoms with van der Waals surface area (Å²) in [5.74, 6) is 0.293. The number of halogens is 3. The van der Waals surface area contributed by atoms with Gasteiger partial charge < -0.3 is 14.8 Å². The molecule has 0 spiro atoms. The normalized spacial score (nSPS) is 16.2. The summed E-state index contributed by atoms with van der Waals surface area (Å²) in [7, 11) is 0. The Balaban J connectivity index is 1.33. The number of hydrogen-bond donors (Lipinski definition) is 1. The van der Waals surface area contributed by atoms with E-state index in [0.717, 1.165) is 37.1 Å². The second-order valence-electron chi connectivity index (χ2n) is 7.39. The topological polar surface area (TPSA) is 60.5 Å². The molecule has 3 aromatic rings. The van der Waals surface area contributed by atoms with Crippen molar-refractivity contribution in [2.75, 3.05) is 13.2 Å². The number of carbonyl (C=O) groups excluding carboxylic acids is 1. The number of thiazole rings is 1. The van der Waals surface area contributed by atoms with Crippen LogP contribution in [-0.2, 0) is 17.5 Å². The number of aromatic nitrogens is 1. The fourth-order valence-corrected chi connectivity index (χ4v) is 4.12. The SMILES string of the molecule is O=C(NCC1CCCO1)c1csc(-c2ccc(OCc3cccc(C(F)(F)F)c3)cc2)n1. The molecule has 0 bridgehead atoms. The zero-order valence-corrected chi connectivity index (χ0v) is 17.8. The van der Waals surface area contributed by atoms with E-state index in [1.165, 1.54) is 17.4 Å². The summed E-state index contributed by atoms with van der Waals surface area (Å²) in [6, 6.07) is 12.1. The Morgan fingerprint density at radius 3 is 2.75 bits per heavy atom. The van der Waals surface area contributed by atoms with Gasteiger partial charge in [-0.1, -0.05) is 12.1 Å².